The maximum absolute atomic E-state index is 12.1. The first-order valence-corrected chi connectivity index (χ1v) is 7.74. The minimum Gasteiger partial charge on any atom is -0.314 e. The molecule has 0 atom stereocenters. The molecule has 1 heterocycles. The zero-order valence-electron chi connectivity index (χ0n) is 11.5. The van der Waals surface area contributed by atoms with E-state index in [4.69, 9.17) is 0 Å². The van der Waals surface area contributed by atoms with Gasteiger partial charge in [0.2, 0.25) is 10.0 Å². The highest BCUT2D eigenvalue weighted by Gasteiger charge is 2.37. The van der Waals surface area contributed by atoms with Crippen LogP contribution in [0.4, 0.5) is 0 Å². The zero-order chi connectivity index (χ0) is 14.0. The van der Waals surface area contributed by atoms with E-state index >= 15 is 0 Å². The summed E-state index contributed by atoms with van der Waals surface area (Å²) in [5.41, 5.74) is -0.815. The summed E-state index contributed by atoms with van der Waals surface area (Å²) in [6.45, 7) is 9.71. The second kappa shape index (κ2) is 5.54. The quantitative estimate of drug-likeness (QED) is 0.726. The molecule has 1 saturated heterocycles. The number of carbonyl (C=O) groups is 1. The van der Waals surface area contributed by atoms with Crippen LogP contribution in [0.15, 0.2) is 0 Å². The molecule has 6 nitrogen and oxygen atoms in total. The van der Waals surface area contributed by atoms with Crippen LogP contribution in [-0.2, 0) is 14.8 Å². The van der Waals surface area contributed by atoms with E-state index in [1.54, 1.807) is 27.7 Å². The Balaban J connectivity index is 2.75. The van der Waals surface area contributed by atoms with Gasteiger partial charge in [0.05, 0.1) is 10.8 Å². The average molecular weight is 277 g/mol. The molecule has 106 valence electrons. The van der Waals surface area contributed by atoms with Crippen LogP contribution >= 0.6 is 0 Å². The summed E-state index contributed by atoms with van der Waals surface area (Å²) in [7, 11) is -3.56. The van der Waals surface area contributed by atoms with Crippen molar-refractivity contribution in [2.45, 2.75) is 38.5 Å². The molecule has 0 bridgehead atoms. The lowest BCUT2D eigenvalue weighted by Crippen LogP contribution is -2.61. The fraction of sp³-hybridized carbons (Fsp3) is 0.909. The van der Waals surface area contributed by atoms with Gasteiger partial charge in [0.15, 0.2) is 0 Å². The summed E-state index contributed by atoms with van der Waals surface area (Å²) >= 11 is 0. The molecule has 1 aliphatic rings. The molecule has 0 aromatic heterocycles. The van der Waals surface area contributed by atoms with Gasteiger partial charge in [-0.1, -0.05) is 0 Å². The Hall–Kier alpha value is -0.660. The van der Waals surface area contributed by atoms with Gasteiger partial charge in [-0.05, 0) is 27.7 Å². The Morgan fingerprint density at radius 2 is 1.78 bits per heavy atom. The molecule has 0 saturated carbocycles. The Kier molecular flexibility index (Phi) is 4.74. The molecule has 0 radical (unpaired) electrons. The number of nitrogens with zero attached hydrogens (tertiary/aromatic N) is 1. The third-order valence-electron chi connectivity index (χ3n) is 3.32. The van der Waals surface area contributed by atoms with Crippen LogP contribution in [-0.4, -0.2) is 56.2 Å². The van der Waals surface area contributed by atoms with Gasteiger partial charge < -0.3 is 5.32 Å². The van der Waals surface area contributed by atoms with Crippen molar-refractivity contribution in [3.63, 3.8) is 0 Å². The van der Waals surface area contributed by atoms with E-state index < -0.39 is 26.7 Å². The SMILES string of the molecule is CC(C)S(=O)(=O)NC(=O)C(C)(C)N1CCNCC1. The molecule has 0 aliphatic carbocycles. The van der Waals surface area contributed by atoms with Gasteiger partial charge in [-0.15, -0.1) is 0 Å². The van der Waals surface area contributed by atoms with Gasteiger partial charge in [0.1, 0.15) is 0 Å². The minimum absolute atomic E-state index is 0.460. The molecule has 1 rings (SSSR count). The van der Waals surface area contributed by atoms with Crippen molar-refractivity contribution >= 4 is 15.9 Å². The molecule has 1 fully saturated rings. The third kappa shape index (κ3) is 3.43. The predicted molar refractivity (Wildman–Crippen MR) is 70.7 cm³/mol. The first-order chi connectivity index (χ1) is 8.18. The fourth-order valence-electron chi connectivity index (χ4n) is 1.74. The summed E-state index contributed by atoms with van der Waals surface area (Å²) < 4.78 is 25.6. The van der Waals surface area contributed by atoms with Crippen LogP contribution in [0.3, 0.4) is 0 Å². The van der Waals surface area contributed by atoms with Gasteiger partial charge in [-0.3, -0.25) is 14.4 Å². The van der Waals surface area contributed by atoms with Crippen LogP contribution in [0.2, 0.25) is 0 Å². The van der Waals surface area contributed by atoms with Crippen molar-refractivity contribution in [1.82, 2.24) is 14.9 Å². The van der Waals surface area contributed by atoms with Gasteiger partial charge >= 0.3 is 0 Å². The van der Waals surface area contributed by atoms with Gasteiger partial charge in [0, 0.05) is 26.2 Å². The highest BCUT2D eigenvalue weighted by Crippen LogP contribution is 2.16. The lowest BCUT2D eigenvalue weighted by molar-refractivity contribution is -0.130. The van der Waals surface area contributed by atoms with Crippen molar-refractivity contribution in [3.8, 4) is 0 Å². The molecule has 18 heavy (non-hydrogen) atoms. The molecule has 1 amide bonds. The second-order valence-corrected chi connectivity index (χ2v) is 7.56. The summed E-state index contributed by atoms with van der Waals surface area (Å²) in [5.74, 6) is -0.460. The van der Waals surface area contributed by atoms with E-state index in [2.05, 4.69) is 10.0 Å². The van der Waals surface area contributed by atoms with E-state index in [-0.39, 0.29) is 0 Å². The number of amides is 1. The average Bonchev–Trinajstić information content (AvgIpc) is 2.29. The number of piperazine rings is 1. The maximum atomic E-state index is 12.1. The fourth-order valence-corrected chi connectivity index (χ4v) is 2.48. The maximum Gasteiger partial charge on any atom is 0.253 e. The predicted octanol–water partition coefficient (Wildman–Crippen LogP) is -0.475. The van der Waals surface area contributed by atoms with Crippen LogP contribution in [0, 0.1) is 0 Å². The summed E-state index contributed by atoms with van der Waals surface area (Å²) in [6.07, 6.45) is 0. The van der Waals surface area contributed by atoms with Gasteiger partial charge in [-0.2, -0.15) is 0 Å². The first-order valence-electron chi connectivity index (χ1n) is 6.20. The lowest BCUT2D eigenvalue weighted by atomic mass is 10.0. The Morgan fingerprint density at radius 1 is 1.28 bits per heavy atom. The van der Waals surface area contributed by atoms with E-state index in [1.807, 2.05) is 4.90 Å². The number of hydrogen-bond acceptors (Lipinski definition) is 5. The van der Waals surface area contributed by atoms with Gasteiger partial charge in [-0.25, -0.2) is 8.42 Å². The molecule has 0 aromatic rings. The number of rotatable bonds is 4. The number of nitrogens with one attached hydrogen (secondary N) is 2. The number of carbonyl (C=O) groups excluding carboxylic acids is 1. The van der Waals surface area contributed by atoms with Crippen LogP contribution in [0.25, 0.3) is 0 Å². The molecular formula is C11H23N3O3S. The molecule has 2 N–H and O–H groups in total. The highest BCUT2D eigenvalue weighted by molar-refractivity contribution is 7.90. The monoisotopic (exact) mass is 277 g/mol. The molecule has 0 spiro atoms. The summed E-state index contributed by atoms with van der Waals surface area (Å²) in [5, 5.41) is 2.59. The summed E-state index contributed by atoms with van der Waals surface area (Å²) in [4.78, 5) is 14.1. The highest BCUT2D eigenvalue weighted by atomic mass is 32.2. The molecule has 1 aliphatic heterocycles. The molecule has 0 unspecified atom stereocenters. The van der Waals surface area contributed by atoms with E-state index in [0.717, 1.165) is 26.2 Å². The Bertz CT molecular complexity index is 398. The number of hydrogen-bond donors (Lipinski definition) is 2. The van der Waals surface area contributed by atoms with Crippen molar-refractivity contribution in [3.05, 3.63) is 0 Å². The van der Waals surface area contributed by atoms with Crippen LogP contribution < -0.4 is 10.0 Å². The van der Waals surface area contributed by atoms with Crippen LogP contribution in [0.1, 0.15) is 27.7 Å². The largest absolute Gasteiger partial charge is 0.314 e. The Morgan fingerprint density at radius 3 is 2.22 bits per heavy atom. The first kappa shape index (κ1) is 15.4. The normalized spacial score (nSPS) is 18.9. The summed E-state index contributed by atoms with van der Waals surface area (Å²) in [6, 6.07) is 0. The van der Waals surface area contributed by atoms with Crippen molar-refractivity contribution in [1.29, 1.82) is 0 Å². The molecular weight excluding hydrogens is 254 g/mol. The lowest BCUT2D eigenvalue weighted by Gasteiger charge is -2.39. The van der Waals surface area contributed by atoms with Crippen molar-refractivity contribution in [2.75, 3.05) is 26.2 Å². The van der Waals surface area contributed by atoms with E-state index in [0.29, 0.717) is 0 Å². The second-order valence-electron chi connectivity index (χ2n) is 5.32. The zero-order valence-corrected chi connectivity index (χ0v) is 12.3. The van der Waals surface area contributed by atoms with E-state index in [1.165, 1.54) is 0 Å². The number of sulfonamides is 1. The van der Waals surface area contributed by atoms with E-state index in [9.17, 15) is 13.2 Å². The van der Waals surface area contributed by atoms with Crippen LogP contribution in [0.5, 0.6) is 0 Å². The van der Waals surface area contributed by atoms with Gasteiger partial charge in [0.25, 0.3) is 5.91 Å². The smallest absolute Gasteiger partial charge is 0.253 e. The molecule has 7 heteroatoms. The van der Waals surface area contributed by atoms with Crippen molar-refractivity contribution < 1.29 is 13.2 Å². The topological polar surface area (TPSA) is 78.5 Å². The third-order valence-corrected chi connectivity index (χ3v) is 5.03. The van der Waals surface area contributed by atoms with Crippen molar-refractivity contribution in [2.24, 2.45) is 0 Å². The Labute approximate surface area is 109 Å². The standard InChI is InChI=1S/C11H23N3O3S/c1-9(2)18(16,17)13-10(15)11(3,4)14-7-5-12-6-8-14/h9,12H,5-8H2,1-4H3,(H,13,15). The minimum atomic E-state index is -3.56. The molecule has 0 aromatic carbocycles.